The van der Waals surface area contributed by atoms with Crippen molar-refractivity contribution in [1.82, 2.24) is 10.6 Å². The van der Waals surface area contributed by atoms with Crippen LogP contribution in [0.4, 0.5) is 0 Å². The third-order valence-corrected chi connectivity index (χ3v) is 2.95. The van der Waals surface area contributed by atoms with Gasteiger partial charge in [-0.3, -0.25) is 4.99 Å². The van der Waals surface area contributed by atoms with Crippen LogP contribution in [0.15, 0.2) is 29.3 Å². The lowest BCUT2D eigenvalue weighted by Gasteiger charge is -2.11. The van der Waals surface area contributed by atoms with Gasteiger partial charge >= 0.3 is 0 Å². The minimum Gasteiger partial charge on any atom is -0.357 e. The maximum Gasteiger partial charge on any atom is 0.191 e. The van der Waals surface area contributed by atoms with Gasteiger partial charge in [-0.15, -0.1) is 0 Å². The molecule has 0 radical (unpaired) electrons. The van der Waals surface area contributed by atoms with Crippen molar-refractivity contribution < 1.29 is 0 Å². The van der Waals surface area contributed by atoms with Crippen LogP contribution in [-0.2, 0) is 6.42 Å². The molecule has 3 heteroatoms. The molecule has 0 fully saturated rings. The van der Waals surface area contributed by atoms with Crippen LogP contribution in [0.1, 0.15) is 37.8 Å². The smallest absolute Gasteiger partial charge is 0.191 e. The Bertz CT molecular complexity index is 368. The molecule has 19 heavy (non-hydrogen) atoms. The summed E-state index contributed by atoms with van der Waals surface area (Å²) in [4.78, 5) is 4.54. The summed E-state index contributed by atoms with van der Waals surface area (Å²) in [6, 6.07) is 8.71. The highest BCUT2D eigenvalue weighted by Gasteiger charge is 1.97. The Labute approximate surface area is 117 Å². The van der Waals surface area contributed by atoms with Crippen LogP contribution in [0.5, 0.6) is 0 Å². The third-order valence-electron chi connectivity index (χ3n) is 2.95. The zero-order valence-corrected chi connectivity index (χ0v) is 12.5. The number of aliphatic imine (C=N–C) groups is 1. The van der Waals surface area contributed by atoms with Crippen molar-refractivity contribution in [3.63, 3.8) is 0 Å². The van der Waals surface area contributed by atoms with Crippen LogP contribution in [0.2, 0.25) is 0 Å². The fraction of sp³-hybridized carbons (Fsp3) is 0.562. The highest BCUT2D eigenvalue weighted by atomic mass is 15.2. The molecule has 0 spiro atoms. The van der Waals surface area contributed by atoms with Gasteiger partial charge in [0.2, 0.25) is 0 Å². The predicted molar refractivity (Wildman–Crippen MR) is 83.8 cm³/mol. The second-order valence-electron chi connectivity index (χ2n) is 4.78. The molecular weight excluding hydrogens is 234 g/mol. The van der Waals surface area contributed by atoms with Gasteiger partial charge in [0.1, 0.15) is 0 Å². The zero-order chi connectivity index (χ0) is 13.9. The molecule has 0 saturated heterocycles. The van der Waals surface area contributed by atoms with Gasteiger partial charge in [-0.25, -0.2) is 0 Å². The molecule has 2 N–H and O–H groups in total. The zero-order valence-electron chi connectivity index (χ0n) is 12.5. The molecule has 0 heterocycles. The molecule has 1 aromatic carbocycles. The maximum absolute atomic E-state index is 4.54. The number of nitrogens with zero attached hydrogens (tertiary/aromatic N) is 1. The minimum absolute atomic E-state index is 0.899. The lowest BCUT2D eigenvalue weighted by atomic mass is 10.1. The summed E-state index contributed by atoms with van der Waals surface area (Å²) in [6.45, 7) is 9.12. The Hall–Kier alpha value is -1.51. The molecule has 106 valence electrons. The molecular formula is C16H27N3. The molecule has 0 amide bonds. The van der Waals surface area contributed by atoms with Gasteiger partial charge in [-0.1, -0.05) is 43.2 Å². The Morgan fingerprint density at radius 1 is 1.11 bits per heavy atom. The molecule has 0 aliphatic heterocycles. The lowest BCUT2D eigenvalue weighted by Crippen LogP contribution is -2.38. The molecule has 1 aromatic rings. The number of unbranched alkanes of at least 4 members (excludes halogenated alkanes) is 1. The van der Waals surface area contributed by atoms with Gasteiger partial charge in [0.15, 0.2) is 5.96 Å². The van der Waals surface area contributed by atoms with Crippen LogP contribution < -0.4 is 10.6 Å². The van der Waals surface area contributed by atoms with Crippen LogP contribution in [-0.4, -0.2) is 25.6 Å². The van der Waals surface area contributed by atoms with Crippen molar-refractivity contribution in [1.29, 1.82) is 0 Å². The minimum atomic E-state index is 0.899. The van der Waals surface area contributed by atoms with E-state index in [9.17, 15) is 0 Å². The lowest BCUT2D eigenvalue weighted by molar-refractivity contribution is 0.767. The van der Waals surface area contributed by atoms with Gasteiger partial charge in [-0.2, -0.15) is 0 Å². The molecule has 0 aliphatic rings. The number of aryl methyl sites for hydroxylation is 1. The average molecular weight is 261 g/mol. The monoisotopic (exact) mass is 261 g/mol. The van der Waals surface area contributed by atoms with E-state index < -0.39 is 0 Å². The topological polar surface area (TPSA) is 36.4 Å². The van der Waals surface area contributed by atoms with Gasteiger partial charge in [-0.05, 0) is 32.3 Å². The number of hydrogen-bond donors (Lipinski definition) is 2. The van der Waals surface area contributed by atoms with E-state index in [4.69, 9.17) is 0 Å². The van der Waals surface area contributed by atoms with Gasteiger partial charge in [0, 0.05) is 19.6 Å². The fourth-order valence-corrected chi connectivity index (χ4v) is 1.77. The first-order valence-corrected chi connectivity index (χ1v) is 7.34. The van der Waals surface area contributed by atoms with E-state index in [0.29, 0.717) is 0 Å². The standard InChI is InChI=1S/C16H27N3/c1-4-6-12-18-16(17-5-2)19-13-11-15-9-7-14(3)8-10-15/h7-10H,4-6,11-13H2,1-3H3,(H2,17,18,19). The number of rotatable bonds is 7. The van der Waals surface area contributed by atoms with E-state index in [1.807, 2.05) is 0 Å². The Balaban J connectivity index is 2.34. The maximum atomic E-state index is 4.54. The Morgan fingerprint density at radius 2 is 1.84 bits per heavy atom. The molecule has 1 rings (SSSR count). The van der Waals surface area contributed by atoms with Crippen LogP contribution in [0.3, 0.4) is 0 Å². The van der Waals surface area contributed by atoms with E-state index in [1.54, 1.807) is 0 Å². The predicted octanol–water partition coefficient (Wildman–Crippen LogP) is 2.89. The average Bonchev–Trinajstić information content (AvgIpc) is 2.41. The summed E-state index contributed by atoms with van der Waals surface area (Å²) < 4.78 is 0. The number of benzene rings is 1. The molecule has 0 aliphatic carbocycles. The molecule has 0 atom stereocenters. The van der Waals surface area contributed by atoms with E-state index in [1.165, 1.54) is 17.5 Å². The summed E-state index contributed by atoms with van der Waals surface area (Å²) in [5.74, 6) is 0.933. The summed E-state index contributed by atoms with van der Waals surface area (Å²) in [5, 5.41) is 6.66. The second kappa shape index (κ2) is 9.42. The quantitative estimate of drug-likeness (QED) is 0.450. The third kappa shape index (κ3) is 6.85. The van der Waals surface area contributed by atoms with E-state index in [2.05, 4.69) is 60.7 Å². The number of nitrogens with one attached hydrogen (secondary N) is 2. The highest BCUT2D eigenvalue weighted by Crippen LogP contribution is 2.02. The van der Waals surface area contributed by atoms with Gasteiger partial charge in [0.05, 0.1) is 0 Å². The number of guanidine groups is 1. The largest absolute Gasteiger partial charge is 0.357 e. The van der Waals surface area contributed by atoms with Crippen molar-refractivity contribution in [2.24, 2.45) is 4.99 Å². The molecule has 0 bridgehead atoms. The summed E-state index contributed by atoms with van der Waals surface area (Å²) in [7, 11) is 0. The Morgan fingerprint density at radius 3 is 2.47 bits per heavy atom. The van der Waals surface area contributed by atoms with Crippen molar-refractivity contribution in [2.75, 3.05) is 19.6 Å². The van der Waals surface area contributed by atoms with Crippen LogP contribution in [0.25, 0.3) is 0 Å². The van der Waals surface area contributed by atoms with E-state index in [0.717, 1.165) is 38.4 Å². The summed E-state index contributed by atoms with van der Waals surface area (Å²) in [5.41, 5.74) is 2.67. The molecule has 0 aromatic heterocycles. The first-order valence-electron chi connectivity index (χ1n) is 7.34. The van der Waals surface area contributed by atoms with Crippen molar-refractivity contribution in [3.05, 3.63) is 35.4 Å². The number of hydrogen-bond acceptors (Lipinski definition) is 1. The first-order chi connectivity index (χ1) is 9.26. The van der Waals surface area contributed by atoms with Crippen LogP contribution in [0, 0.1) is 6.92 Å². The second-order valence-corrected chi connectivity index (χ2v) is 4.78. The van der Waals surface area contributed by atoms with E-state index >= 15 is 0 Å². The summed E-state index contributed by atoms with van der Waals surface area (Å²) in [6.07, 6.45) is 3.36. The van der Waals surface area contributed by atoms with Crippen molar-refractivity contribution in [2.45, 2.75) is 40.0 Å². The molecule has 3 nitrogen and oxygen atoms in total. The van der Waals surface area contributed by atoms with Crippen molar-refractivity contribution in [3.8, 4) is 0 Å². The molecule has 0 saturated carbocycles. The summed E-state index contributed by atoms with van der Waals surface area (Å²) >= 11 is 0. The Kier molecular flexibility index (Phi) is 7.71. The normalized spacial score (nSPS) is 11.4. The first kappa shape index (κ1) is 15.5. The SMILES string of the molecule is CCCCN=C(NCC)NCCc1ccc(C)cc1. The van der Waals surface area contributed by atoms with E-state index in [-0.39, 0.29) is 0 Å². The molecule has 0 unspecified atom stereocenters. The van der Waals surface area contributed by atoms with Crippen molar-refractivity contribution >= 4 is 5.96 Å². The van der Waals surface area contributed by atoms with Gasteiger partial charge in [0.25, 0.3) is 0 Å². The fourth-order valence-electron chi connectivity index (χ4n) is 1.77. The van der Waals surface area contributed by atoms with Crippen LogP contribution >= 0.6 is 0 Å². The highest BCUT2D eigenvalue weighted by molar-refractivity contribution is 5.79. The van der Waals surface area contributed by atoms with Gasteiger partial charge < -0.3 is 10.6 Å².